The van der Waals surface area contributed by atoms with Gasteiger partial charge in [-0.1, -0.05) is 0 Å². The quantitative estimate of drug-likeness (QED) is 0.704. The zero-order valence-electron chi connectivity index (χ0n) is 11.0. The Balaban J connectivity index is 2.20. The lowest BCUT2D eigenvalue weighted by Crippen LogP contribution is -2.40. The van der Waals surface area contributed by atoms with Crippen LogP contribution in [0.5, 0.6) is 0 Å². The third-order valence-corrected chi connectivity index (χ3v) is 4.57. The number of imidazole rings is 1. The predicted molar refractivity (Wildman–Crippen MR) is 75.9 cm³/mol. The van der Waals surface area contributed by atoms with E-state index >= 15 is 0 Å². The number of carbonyl (C=O) groups excluding carboxylic acids is 1. The van der Waals surface area contributed by atoms with Gasteiger partial charge in [0.05, 0.1) is 6.54 Å². The van der Waals surface area contributed by atoms with Gasteiger partial charge in [0, 0.05) is 17.6 Å². The van der Waals surface area contributed by atoms with Crippen LogP contribution in [-0.2, 0) is 14.8 Å². The Kier molecular flexibility index (Phi) is 3.97. The summed E-state index contributed by atoms with van der Waals surface area (Å²) >= 11 is 1.27. The first-order valence-corrected chi connectivity index (χ1v) is 8.17. The molecule has 0 aliphatic rings. The largest absolute Gasteiger partial charge is 0.381 e. The van der Waals surface area contributed by atoms with Gasteiger partial charge in [-0.25, -0.2) is 18.1 Å². The highest BCUT2D eigenvalue weighted by atomic mass is 32.2. The summed E-state index contributed by atoms with van der Waals surface area (Å²) in [6.07, 6.45) is 1.56. The molecule has 0 atom stereocenters. The van der Waals surface area contributed by atoms with Crippen molar-refractivity contribution in [3.05, 3.63) is 11.6 Å². The number of hydrogen-bond donors (Lipinski definition) is 3. The van der Waals surface area contributed by atoms with Crippen LogP contribution in [0.1, 0.15) is 13.8 Å². The summed E-state index contributed by atoms with van der Waals surface area (Å²) in [5.74, 6) is -0.498. The normalized spacial score (nSPS) is 12.2. The number of fused-ring (bicyclic) bond motifs is 1. The van der Waals surface area contributed by atoms with Crippen molar-refractivity contribution in [1.82, 2.24) is 19.4 Å². The number of hydrogen-bond acceptors (Lipinski definition) is 6. The minimum atomic E-state index is -3.90. The average Bonchev–Trinajstić information content (AvgIpc) is 2.84. The Morgan fingerprint density at radius 1 is 1.55 bits per heavy atom. The van der Waals surface area contributed by atoms with Gasteiger partial charge in [0.25, 0.3) is 10.0 Å². The highest BCUT2D eigenvalue weighted by Crippen LogP contribution is 2.22. The molecule has 0 radical (unpaired) electrons. The van der Waals surface area contributed by atoms with Crippen molar-refractivity contribution in [1.29, 1.82) is 0 Å². The zero-order valence-corrected chi connectivity index (χ0v) is 12.6. The molecule has 0 fully saturated rings. The fraction of sp³-hybridized carbons (Fsp3) is 0.400. The second-order valence-electron chi connectivity index (χ2n) is 4.40. The van der Waals surface area contributed by atoms with Crippen molar-refractivity contribution >= 4 is 38.0 Å². The van der Waals surface area contributed by atoms with Crippen LogP contribution in [0.15, 0.2) is 16.6 Å². The molecule has 1 amide bonds. The van der Waals surface area contributed by atoms with Gasteiger partial charge in [0.15, 0.2) is 15.8 Å². The number of carbonyl (C=O) groups is 1. The van der Waals surface area contributed by atoms with Crippen LogP contribution < -0.4 is 15.8 Å². The van der Waals surface area contributed by atoms with Gasteiger partial charge in [0.1, 0.15) is 0 Å². The summed E-state index contributed by atoms with van der Waals surface area (Å²) in [4.78, 5) is 15.9. The number of nitrogen functional groups attached to an aromatic ring is 1. The molecule has 4 N–H and O–H groups in total. The molecule has 2 aromatic rings. The fourth-order valence-corrected chi connectivity index (χ4v) is 3.61. The molecular weight excluding hydrogens is 302 g/mol. The average molecular weight is 317 g/mol. The number of sulfonamides is 1. The number of thiazole rings is 1. The Morgan fingerprint density at radius 2 is 2.25 bits per heavy atom. The SMILES string of the molecule is CC(C)NC(=O)CNS(=O)(=O)c1c(N)nc2sccn12. The summed E-state index contributed by atoms with van der Waals surface area (Å²) in [5, 5.41) is 4.14. The Bertz CT molecular complexity index is 731. The molecule has 0 unspecified atom stereocenters. The van der Waals surface area contributed by atoms with Gasteiger partial charge in [0.2, 0.25) is 5.91 Å². The van der Waals surface area contributed by atoms with Crippen molar-refractivity contribution in [2.75, 3.05) is 12.3 Å². The molecule has 0 aromatic carbocycles. The molecule has 0 spiro atoms. The second kappa shape index (κ2) is 5.38. The Labute approximate surface area is 120 Å². The van der Waals surface area contributed by atoms with E-state index in [0.29, 0.717) is 4.96 Å². The van der Waals surface area contributed by atoms with E-state index < -0.39 is 15.9 Å². The number of nitrogens with one attached hydrogen (secondary N) is 2. The molecule has 0 aliphatic heterocycles. The van der Waals surface area contributed by atoms with Crippen LogP contribution in [0.25, 0.3) is 4.96 Å². The van der Waals surface area contributed by atoms with E-state index in [1.807, 2.05) is 0 Å². The van der Waals surface area contributed by atoms with Crippen molar-refractivity contribution < 1.29 is 13.2 Å². The minimum absolute atomic E-state index is 0.0596. The van der Waals surface area contributed by atoms with Crippen LogP contribution in [0, 0.1) is 0 Å². The molecule has 2 aromatic heterocycles. The van der Waals surface area contributed by atoms with E-state index in [1.54, 1.807) is 25.4 Å². The first kappa shape index (κ1) is 14.8. The molecule has 0 saturated heterocycles. The van der Waals surface area contributed by atoms with Gasteiger partial charge in [-0.05, 0) is 13.8 Å². The van der Waals surface area contributed by atoms with Crippen molar-refractivity contribution in [2.24, 2.45) is 0 Å². The number of rotatable bonds is 5. The number of nitrogens with zero attached hydrogens (tertiary/aromatic N) is 2. The summed E-state index contributed by atoms with van der Waals surface area (Å²) in [6.45, 7) is 3.23. The van der Waals surface area contributed by atoms with E-state index in [1.165, 1.54) is 15.7 Å². The van der Waals surface area contributed by atoms with Crippen molar-refractivity contribution in [2.45, 2.75) is 24.9 Å². The second-order valence-corrected chi connectivity index (χ2v) is 6.96. The van der Waals surface area contributed by atoms with Gasteiger partial charge < -0.3 is 11.1 Å². The topological polar surface area (TPSA) is 119 Å². The van der Waals surface area contributed by atoms with Crippen molar-refractivity contribution in [3.63, 3.8) is 0 Å². The van der Waals surface area contributed by atoms with E-state index in [2.05, 4.69) is 15.0 Å². The van der Waals surface area contributed by atoms with E-state index in [4.69, 9.17) is 5.73 Å². The molecule has 0 aliphatic carbocycles. The minimum Gasteiger partial charge on any atom is -0.381 e. The number of aromatic nitrogens is 2. The molecule has 0 saturated carbocycles. The van der Waals surface area contributed by atoms with Crippen LogP contribution in [-0.4, -0.2) is 36.3 Å². The first-order chi connectivity index (χ1) is 9.31. The van der Waals surface area contributed by atoms with E-state index in [-0.39, 0.29) is 23.4 Å². The smallest absolute Gasteiger partial charge is 0.260 e. The number of amides is 1. The van der Waals surface area contributed by atoms with Gasteiger partial charge in [-0.15, -0.1) is 11.3 Å². The third-order valence-electron chi connectivity index (χ3n) is 2.37. The predicted octanol–water partition coefficient (Wildman–Crippen LogP) is -0.219. The lowest BCUT2D eigenvalue weighted by molar-refractivity contribution is -0.120. The lowest BCUT2D eigenvalue weighted by Gasteiger charge is -2.09. The fourth-order valence-electron chi connectivity index (χ4n) is 1.65. The highest BCUT2D eigenvalue weighted by Gasteiger charge is 2.25. The maximum absolute atomic E-state index is 12.2. The summed E-state index contributed by atoms with van der Waals surface area (Å²) in [6, 6.07) is -0.0596. The maximum Gasteiger partial charge on any atom is 0.260 e. The molecule has 2 rings (SSSR count). The van der Waals surface area contributed by atoms with Crippen LogP contribution in [0.4, 0.5) is 5.82 Å². The van der Waals surface area contributed by atoms with E-state index in [0.717, 1.165) is 0 Å². The lowest BCUT2D eigenvalue weighted by atomic mass is 10.4. The van der Waals surface area contributed by atoms with Gasteiger partial charge in [-0.3, -0.25) is 9.20 Å². The molecule has 2 heterocycles. The zero-order chi connectivity index (χ0) is 14.9. The van der Waals surface area contributed by atoms with Crippen LogP contribution in [0.3, 0.4) is 0 Å². The summed E-state index contributed by atoms with van der Waals surface area (Å²) in [5.41, 5.74) is 5.63. The highest BCUT2D eigenvalue weighted by molar-refractivity contribution is 7.89. The number of anilines is 1. The van der Waals surface area contributed by atoms with Gasteiger partial charge in [-0.2, -0.15) is 0 Å². The molecule has 8 nitrogen and oxygen atoms in total. The Hall–Kier alpha value is -1.65. The molecule has 10 heteroatoms. The van der Waals surface area contributed by atoms with Gasteiger partial charge >= 0.3 is 0 Å². The molecular formula is C10H15N5O3S2. The number of nitrogens with two attached hydrogens (primary N) is 1. The summed E-state index contributed by atoms with van der Waals surface area (Å²) in [7, 11) is -3.90. The standard InChI is InChI=1S/C10H15N5O3S2/c1-6(2)13-7(16)5-12-20(17,18)9-8(11)14-10-15(9)3-4-19-10/h3-4,6,12H,5,11H2,1-2H3,(H,13,16). The van der Waals surface area contributed by atoms with Crippen molar-refractivity contribution in [3.8, 4) is 0 Å². The third kappa shape index (κ3) is 2.92. The first-order valence-electron chi connectivity index (χ1n) is 5.81. The van der Waals surface area contributed by atoms with Crippen LogP contribution in [0.2, 0.25) is 0 Å². The Morgan fingerprint density at radius 3 is 2.90 bits per heavy atom. The maximum atomic E-state index is 12.2. The molecule has 20 heavy (non-hydrogen) atoms. The summed E-state index contributed by atoms with van der Waals surface area (Å²) < 4.78 is 28.0. The van der Waals surface area contributed by atoms with E-state index in [9.17, 15) is 13.2 Å². The van der Waals surface area contributed by atoms with Crippen LogP contribution >= 0.6 is 11.3 Å². The molecule has 110 valence electrons. The monoisotopic (exact) mass is 317 g/mol. The molecule has 0 bridgehead atoms.